The third kappa shape index (κ3) is 6.02. The molecule has 0 saturated heterocycles. The van der Waals surface area contributed by atoms with Crippen LogP contribution >= 0.6 is 24.8 Å². The van der Waals surface area contributed by atoms with Gasteiger partial charge in [0.05, 0.1) is 18.0 Å². The average molecular weight is 359 g/mol. The number of carbonyl (C=O) groups excluding carboxylic acids is 2. The fourth-order valence-electron chi connectivity index (χ4n) is 2.13. The highest BCUT2D eigenvalue weighted by molar-refractivity contribution is 5.87. The van der Waals surface area contributed by atoms with Gasteiger partial charge in [-0.3, -0.25) is 14.6 Å². The van der Waals surface area contributed by atoms with Crippen LogP contribution in [0.4, 0.5) is 0 Å². The summed E-state index contributed by atoms with van der Waals surface area (Å²) in [7, 11) is 0. The maximum Gasteiger partial charge on any atom is 0.237 e. The van der Waals surface area contributed by atoms with Crippen molar-refractivity contribution in [3.63, 3.8) is 0 Å². The molecule has 1 aromatic heterocycles. The van der Waals surface area contributed by atoms with Crippen molar-refractivity contribution < 1.29 is 9.59 Å². The molecule has 0 aliphatic heterocycles. The smallest absolute Gasteiger partial charge is 0.237 e. The number of nitrogens with zero attached hydrogens (tertiary/aromatic N) is 1. The third-order valence-electron chi connectivity index (χ3n) is 3.17. The number of hydrogen-bond acceptors (Lipinski definition) is 4. The number of fused-ring (bicyclic) bond motifs is 1. The second-order valence-electron chi connectivity index (χ2n) is 4.81. The quantitative estimate of drug-likeness (QED) is 0.713. The van der Waals surface area contributed by atoms with E-state index >= 15 is 0 Å². The average Bonchev–Trinajstić information content (AvgIpc) is 2.46. The van der Waals surface area contributed by atoms with Crippen LogP contribution in [0.2, 0.25) is 0 Å². The van der Waals surface area contributed by atoms with Crippen LogP contribution in [0.25, 0.3) is 10.9 Å². The number of aromatic nitrogens is 1. The number of primary amides is 1. The first-order valence-corrected chi connectivity index (χ1v) is 6.72. The molecular weight excluding hydrogens is 339 g/mol. The SMILES string of the molecule is Cl.Cl.NC(=O)CC(N)C(=O)NCCc1cccc2cccnc12. The summed E-state index contributed by atoms with van der Waals surface area (Å²) in [6.45, 7) is 0.432. The Kier molecular flexibility index (Phi) is 9.17. The van der Waals surface area contributed by atoms with E-state index in [4.69, 9.17) is 11.5 Å². The molecule has 1 atom stereocenters. The number of hydrogen-bond donors (Lipinski definition) is 3. The van der Waals surface area contributed by atoms with Crippen LogP contribution in [0.1, 0.15) is 12.0 Å². The summed E-state index contributed by atoms with van der Waals surface area (Å²) in [5.41, 5.74) is 12.5. The van der Waals surface area contributed by atoms with Gasteiger partial charge in [0, 0.05) is 18.1 Å². The number of nitrogens with one attached hydrogen (secondary N) is 1. The maximum atomic E-state index is 11.7. The molecule has 0 saturated carbocycles. The predicted octanol–water partition coefficient (Wildman–Crippen LogP) is 0.940. The van der Waals surface area contributed by atoms with Gasteiger partial charge in [-0.25, -0.2) is 0 Å². The topological polar surface area (TPSA) is 111 Å². The molecule has 0 radical (unpaired) electrons. The summed E-state index contributed by atoms with van der Waals surface area (Å²) in [6, 6.07) is 8.91. The van der Waals surface area contributed by atoms with Crippen LogP contribution in [0.5, 0.6) is 0 Å². The minimum absolute atomic E-state index is 0. The lowest BCUT2D eigenvalue weighted by atomic mass is 10.1. The Morgan fingerprint density at radius 1 is 1.17 bits per heavy atom. The van der Waals surface area contributed by atoms with Gasteiger partial charge in [0.1, 0.15) is 0 Å². The van der Waals surface area contributed by atoms with Crippen LogP contribution in [0.15, 0.2) is 36.5 Å². The van der Waals surface area contributed by atoms with Gasteiger partial charge in [-0.1, -0.05) is 24.3 Å². The van der Waals surface area contributed by atoms with Crippen LogP contribution in [0, 0.1) is 0 Å². The van der Waals surface area contributed by atoms with Crippen molar-refractivity contribution in [3.8, 4) is 0 Å². The summed E-state index contributed by atoms with van der Waals surface area (Å²) in [5.74, 6) is -0.960. The van der Waals surface area contributed by atoms with E-state index in [0.29, 0.717) is 13.0 Å². The number of pyridine rings is 1. The zero-order valence-corrected chi connectivity index (χ0v) is 14.0. The Bertz CT molecular complexity index is 661. The number of benzene rings is 1. The van der Waals surface area contributed by atoms with Crippen molar-refractivity contribution in [2.45, 2.75) is 18.9 Å². The molecule has 1 unspecified atom stereocenters. The number of rotatable bonds is 6. The molecule has 1 heterocycles. The molecule has 0 aliphatic carbocycles. The molecule has 5 N–H and O–H groups in total. The minimum atomic E-state index is -0.895. The van der Waals surface area contributed by atoms with E-state index in [0.717, 1.165) is 16.5 Å². The first kappa shape index (κ1) is 21.1. The second-order valence-corrected chi connectivity index (χ2v) is 4.81. The second kappa shape index (κ2) is 9.99. The maximum absolute atomic E-state index is 11.7. The van der Waals surface area contributed by atoms with Crippen LogP contribution in [-0.2, 0) is 16.0 Å². The number of para-hydroxylation sites is 1. The van der Waals surface area contributed by atoms with Gasteiger partial charge in [-0.2, -0.15) is 0 Å². The van der Waals surface area contributed by atoms with Gasteiger partial charge in [0.15, 0.2) is 0 Å². The van der Waals surface area contributed by atoms with E-state index in [2.05, 4.69) is 10.3 Å². The normalized spacial score (nSPS) is 11.0. The van der Waals surface area contributed by atoms with Crippen molar-refractivity contribution >= 4 is 47.5 Å². The number of amides is 2. The predicted molar refractivity (Wildman–Crippen MR) is 94.7 cm³/mol. The van der Waals surface area contributed by atoms with Crippen molar-refractivity contribution in [1.29, 1.82) is 0 Å². The molecule has 1 aromatic carbocycles. The molecule has 2 rings (SSSR count). The molecule has 0 spiro atoms. The lowest BCUT2D eigenvalue weighted by molar-refractivity contribution is -0.126. The van der Waals surface area contributed by atoms with Gasteiger partial charge >= 0.3 is 0 Å². The molecule has 23 heavy (non-hydrogen) atoms. The van der Waals surface area contributed by atoms with Crippen molar-refractivity contribution in [3.05, 3.63) is 42.1 Å². The van der Waals surface area contributed by atoms with Crippen LogP contribution in [-0.4, -0.2) is 29.4 Å². The first-order chi connectivity index (χ1) is 10.1. The first-order valence-electron chi connectivity index (χ1n) is 6.72. The lowest BCUT2D eigenvalue weighted by Gasteiger charge is -2.11. The third-order valence-corrected chi connectivity index (χ3v) is 3.17. The summed E-state index contributed by atoms with van der Waals surface area (Å²) in [4.78, 5) is 26.7. The van der Waals surface area contributed by atoms with E-state index in [1.54, 1.807) is 6.20 Å². The van der Waals surface area contributed by atoms with Gasteiger partial charge in [-0.15, -0.1) is 24.8 Å². The van der Waals surface area contributed by atoms with E-state index in [9.17, 15) is 9.59 Å². The molecule has 126 valence electrons. The Morgan fingerprint density at radius 2 is 1.87 bits per heavy atom. The molecule has 0 bridgehead atoms. The standard InChI is InChI=1S/C15H18N4O2.2ClH/c16-12(9-13(17)20)15(21)19-8-6-11-4-1-3-10-5-2-7-18-14(10)11;;/h1-5,7,12H,6,8-9,16H2,(H2,17,20)(H,19,21);2*1H. The molecule has 2 aromatic rings. The summed E-state index contributed by atoms with van der Waals surface area (Å²) < 4.78 is 0. The Labute approximate surface area is 146 Å². The molecule has 8 heteroatoms. The fraction of sp³-hybridized carbons (Fsp3) is 0.267. The zero-order chi connectivity index (χ0) is 15.2. The number of nitrogens with two attached hydrogens (primary N) is 2. The van der Waals surface area contributed by atoms with Crippen LogP contribution in [0.3, 0.4) is 0 Å². The Balaban J connectivity index is 0.00000242. The van der Waals surface area contributed by atoms with Crippen molar-refractivity contribution in [2.75, 3.05) is 6.54 Å². The number of halogens is 2. The highest BCUT2D eigenvalue weighted by Gasteiger charge is 2.15. The molecule has 6 nitrogen and oxygen atoms in total. The van der Waals surface area contributed by atoms with Crippen molar-refractivity contribution in [2.24, 2.45) is 11.5 Å². The Morgan fingerprint density at radius 3 is 2.57 bits per heavy atom. The van der Waals surface area contributed by atoms with E-state index in [1.807, 2.05) is 30.3 Å². The van der Waals surface area contributed by atoms with Crippen LogP contribution < -0.4 is 16.8 Å². The molecular formula is C15H20Cl2N4O2. The Hall–Kier alpha value is -1.89. The fourth-order valence-corrected chi connectivity index (χ4v) is 2.13. The highest BCUT2D eigenvalue weighted by Crippen LogP contribution is 2.15. The van der Waals surface area contributed by atoms with E-state index in [1.165, 1.54) is 0 Å². The largest absolute Gasteiger partial charge is 0.370 e. The monoisotopic (exact) mass is 358 g/mol. The van der Waals surface area contributed by atoms with Gasteiger partial charge < -0.3 is 16.8 Å². The van der Waals surface area contributed by atoms with Gasteiger partial charge in [0.25, 0.3) is 0 Å². The molecule has 0 fully saturated rings. The van der Waals surface area contributed by atoms with Crippen molar-refractivity contribution in [1.82, 2.24) is 10.3 Å². The zero-order valence-electron chi connectivity index (χ0n) is 12.4. The van der Waals surface area contributed by atoms with E-state index < -0.39 is 11.9 Å². The highest BCUT2D eigenvalue weighted by atomic mass is 35.5. The van der Waals surface area contributed by atoms with Gasteiger partial charge in [-0.05, 0) is 18.1 Å². The lowest BCUT2D eigenvalue weighted by Crippen LogP contribution is -2.43. The summed E-state index contributed by atoms with van der Waals surface area (Å²) in [6.07, 6.45) is 2.23. The summed E-state index contributed by atoms with van der Waals surface area (Å²) in [5, 5.41) is 3.76. The minimum Gasteiger partial charge on any atom is -0.370 e. The van der Waals surface area contributed by atoms with E-state index in [-0.39, 0.29) is 37.1 Å². The molecule has 0 aliphatic rings. The molecule has 2 amide bonds. The van der Waals surface area contributed by atoms with Gasteiger partial charge in [0.2, 0.25) is 11.8 Å². The number of carbonyl (C=O) groups is 2. The summed E-state index contributed by atoms with van der Waals surface area (Å²) >= 11 is 0.